The van der Waals surface area contributed by atoms with E-state index in [4.69, 9.17) is 5.73 Å². The molecule has 3 heteroatoms. The Morgan fingerprint density at radius 1 is 1.38 bits per heavy atom. The third kappa shape index (κ3) is 2.09. The molecular formula is C13H19N3. The molecule has 86 valence electrons. The van der Waals surface area contributed by atoms with Crippen LogP contribution < -0.4 is 5.73 Å². The molecule has 1 aromatic carbocycles. The van der Waals surface area contributed by atoms with E-state index in [9.17, 15) is 0 Å². The van der Waals surface area contributed by atoms with Crippen LogP contribution in [-0.2, 0) is 13.0 Å². The normalized spacial score (nSPS) is 13.2. The van der Waals surface area contributed by atoms with Crippen molar-refractivity contribution in [2.75, 3.05) is 0 Å². The average Bonchev–Trinajstić information content (AvgIpc) is 2.57. The second-order valence-corrected chi connectivity index (χ2v) is 4.35. The monoisotopic (exact) mass is 217 g/mol. The number of aromatic nitrogens is 2. The topological polar surface area (TPSA) is 43.8 Å². The summed E-state index contributed by atoms with van der Waals surface area (Å²) in [5.74, 6) is 1.11. The van der Waals surface area contributed by atoms with Gasteiger partial charge in [-0.05, 0) is 25.5 Å². The summed E-state index contributed by atoms with van der Waals surface area (Å²) >= 11 is 0. The summed E-state index contributed by atoms with van der Waals surface area (Å²) in [5, 5.41) is 0. The quantitative estimate of drug-likeness (QED) is 0.854. The van der Waals surface area contributed by atoms with Gasteiger partial charge in [-0.3, -0.25) is 0 Å². The van der Waals surface area contributed by atoms with Gasteiger partial charge in [0, 0.05) is 19.0 Å². The first-order chi connectivity index (χ1) is 7.72. The maximum absolute atomic E-state index is 5.86. The summed E-state index contributed by atoms with van der Waals surface area (Å²) in [6.07, 6.45) is 1.96. The Labute approximate surface area is 96.3 Å². The SMILES string of the molecule is CCCn1c(CC(C)N)nc2ccccc21. The molecule has 16 heavy (non-hydrogen) atoms. The summed E-state index contributed by atoms with van der Waals surface area (Å²) in [7, 11) is 0. The van der Waals surface area contributed by atoms with Crippen molar-refractivity contribution < 1.29 is 0 Å². The van der Waals surface area contributed by atoms with Gasteiger partial charge in [0.25, 0.3) is 0 Å². The van der Waals surface area contributed by atoms with Crippen molar-refractivity contribution in [1.82, 2.24) is 9.55 Å². The molecule has 0 bridgehead atoms. The lowest BCUT2D eigenvalue weighted by molar-refractivity contribution is 0.616. The minimum Gasteiger partial charge on any atom is -0.328 e. The van der Waals surface area contributed by atoms with Gasteiger partial charge in [-0.1, -0.05) is 19.1 Å². The Morgan fingerprint density at radius 2 is 2.12 bits per heavy atom. The zero-order chi connectivity index (χ0) is 11.5. The minimum atomic E-state index is 0.160. The number of benzene rings is 1. The van der Waals surface area contributed by atoms with Crippen LogP contribution in [0.15, 0.2) is 24.3 Å². The molecular weight excluding hydrogens is 198 g/mol. The maximum Gasteiger partial charge on any atom is 0.111 e. The molecule has 2 N–H and O–H groups in total. The van der Waals surface area contributed by atoms with E-state index in [0.29, 0.717) is 0 Å². The number of hydrogen-bond acceptors (Lipinski definition) is 2. The largest absolute Gasteiger partial charge is 0.328 e. The summed E-state index contributed by atoms with van der Waals surface area (Å²) < 4.78 is 2.29. The standard InChI is InChI=1S/C13H19N3/c1-3-8-16-12-7-5-4-6-11(12)15-13(16)9-10(2)14/h4-7,10H,3,8-9,14H2,1-2H3. The predicted molar refractivity (Wildman–Crippen MR) is 67.4 cm³/mol. The van der Waals surface area contributed by atoms with Gasteiger partial charge in [0.15, 0.2) is 0 Å². The van der Waals surface area contributed by atoms with E-state index in [-0.39, 0.29) is 6.04 Å². The van der Waals surface area contributed by atoms with Gasteiger partial charge in [0.05, 0.1) is 11.0 Å². The molecule has 1 heterocycles. The molecule has 0 aliphatic heterocycles. The van der Waals surface area contributed by atoms with Crippen LogP contribution in [0.3, 0.4) is 0 Å². The van der Waals surface area contributed by atoms with Crippen molar-refractivity contribution in [2.24, 2.45) is 5.73 Å². The van der Waals surface area contributed by atoms with E-state index in [1.807, 2.05) is 13.0 Å². The zero-order valence-corrected chi connectivity index (χ0v) is 9.98. The van der Waals surface area contributed by atoms with Gasteiger partial charge in [0.2, 0.25) is 0 Å². The van der Waals surface area contributed by atoms with Crippen LogP contribution in [0.1, 0.15) is 26.1 Å². The molecule has 0 spiro atoms. The highest BCUT2D eigenvalue weighted by Crippen LogP contribution is 2.17. The molecule has 2 aromatic rings. The lowest BCUT2D eigenvalue weighted by atomic mass is 10.2. The maximum atomic E-state index is 5.86. The van der Waals surface area contributed by atoms with Crippen LogP contribution in [0.4, 0.5) is 0 Å². The number of hydrogen-bond donors (Lipinski definition) is 1. The molecule has 0 fully saturated rings. The number of rotatable bonds is 4. The number of nitrogens with zero attached hydrogens (tertiary/aromatic N) is 2. The molecule has 0 saturated carbocycles. The van der Waals surface area contributed by atoms with Crippen molar-refractivity contribution in [2.45, 2.75) is 39.3 Å². The lowest BCUT2D eigenvalue weighted by Crippen LogP contribution is -2.20. The van der Waals surface area contributed by atoms with Crippen molar-refractivity contribution in [3.8, 4) is 0 Å². The minimum absolute atomic E-state index is 0.160. The van der Waals surface area contributed by atoms with Crippen molar-refractivity contribution in [1.29, 1.82) is 0 Å². The molecule has 1 unspecified atom stereocenters. The highest BCUT2D eigenvalue weighted by atomic mass is 15.1. The second kappa shape index (κ2) is 4.66. The van der Waals surface area contributed by atoms with Gasteiger partial charge in [0.1, 0.15) is 5.82 Å². The average molecular weight is 217 g/mol. The summed E-state index contributed by atoms with van der Waals surface area (Å²) in [6, 6.07) is 8.44. The number of fused-ring (bicyclic) bond motifs is 1. The molecule has 3 nitrogen and oxygen atoms in total. The van der Waals surface area contributed by atoms with E-state index in [1.54, 1.807) is 0 Å². The molecule has 2 rings (SSSR count). The third-order valence-electron chi connectivity index (χ3n) is 2.69. The van der Waals surface area contributed by atoms with E-state index >= 15 is 0 Å². The van der Waals surface area contributed by atoms with Crippen molar-refractivity contribution in [3.63, 3.8) is 0 Å². The predicted octanol–water partition coefficient (Wildman–Crippen LogP) is 2.34. The molecule has 0 saturated heterocycles. The smallest absolute Gasteiger partial charge is 0.111 e. The zero-order valence-electron chi connectivity index (χ0n) is 9.98. The fourth-order valence-electron chi connectivity index (χ4n) is 2.04. The molecule has 0 amide bonds. The first-order valence-electron chi connectivity index (χ1n) is 5.92. The van der Waals surface area contributed by atoms with Crippen LogP contribution in [0.25, 0.3) is 11.0 Å². The molecule has 1 aromatic heterocycles. The summed E-state index contributed by atoms with van der Waals surface area (Å²) in [5.41, 5.74) is 8.16. The van der Waals surface area contributed by atoms with Crippen molar-refractivity contribution >= 4 is 11.0 Å². The molecule has 1 atom stereocenters. The van der Waals surface area contributed by atoms with Crippen LogP contribution in [0.5, 0.6) is 0 Å². The Bertz CT molecular complexity index is 471. The lowest BCUT2D eigenvalue weighted by Gasteiger charge is -2.09. The summed E-state index contributed by atoms with van der Waals surface area (Å²) in [6.45, 7) is 5.22. The van der Waals surface area contributed by atoms with E-state index < -0.39 is 0 Å². The van der Waals surface area contributed by atoms with Gasteiger partial charge in [-0.2, -0.15) is 0 Å². The van der Waals surface area contributed by atoms with E-state index in [1.165, 1.54) is 5.52 Å². The molecule has 0 aliphatic rings. The number of nitrogens with two attached hydrogens (primary N) is 1. The Balaban J connectivity index is 2.49. The Hall–Kier alpha value is -1.35. The Morgan fingerprint density at radius 3 is 2.81 bits per heavy atom. The van der Waals surface area contributed by atoms with Crippen LogP contribution in [0, 0.1) is 0 Å². The fourth-order valence-corrected chi connectivity index (χ4v) is 2.04. The fraction of sp³-hybridized carbons (Fsp3) is 0.462. The van der Waals surface area contributed by atoms with Crippen LogP contribution >= 0.6 is 0 Å². The molecule has 0 aliphatic carbocycles. The van der Waals surface area contributed by atoms with Gasteiger partial charge in [-0.25, -0.2) is 4.98 Å². The van der Waals surface area contributed by atoms with E-state index in [0.717, 1.165) is 30.7 Å². The number of aryl methyl sites for hydroxylation is 1. The van der Waals surface area contributed by atoms with Crippen molar-refractivity contribution in [3.05, 3.63) is 30.1 Å². The number of imidazole rings is 1. The first kappa shape index (κ1) is 11.1. The highest BCUT2D eigenvalue weighted by Gasteiger charge is 2.10. The van der Waals surface area contributed by atoms with Crippen LogP contribution in [-0.4, -0.2) is 15.6 Å². The van der Waals surface area contributed by atoms with Gasteiger partial charge < -0.3 is 10.3 Å². The highest BCUT2D eigenvalue weighted by molar-refractivity contribution is 5.75. The van der Waals surface area contributed by atoms with E-state index in [2.05, 4.69) is 34.7 Å². The van der Waals surface area contributed by atoms with Gasteiger partial charge in [-0.15, -0.1) is 0 Å². The second-order valence-electron chi connectivity index (χ2n) is 4.35. The third-order valence-corrected chi connectivity index (χ3v) is 2.69. The summed E-state index contributed by atoms with van der Waals surface area (Å²) in [4.78, 5) is 4.65. The molecule has 0 radical (unpaired) electrons. The Kier molecular flexibility index (Phi) is 3.25. The first-order valence-corrected chi connectivity index (χ1v) is 5.92. The van der Waals surface area contributed by atoms with Crippen LogP contribution in [0.2, 0.25) is 0 Å². The number of para-hydroxylation sites is 2. The van der Waals surface area contributed by atoms with Gasteiger partial charge >= 0.3 is 0 Å².